The molecule has 2 aromatic rings. The first kappa shape index (κ1) is 8.11. The summed E-state index contributed by atoms with van der Waals surface area (Å²) < 4.78 is 20.0. The summed E-state index contributed by atoms with van der Waals surface area (Å²) in [5.41, 5.74) is 1.14. The van der Waals surface area contributed by atoms with Crippen molar-refractivity contribution in [2.45, 2.75) is 6.61 Å². The maximum Gasteiger partial charge on any atom is 0.338 e. The molecule has 2 rings (SSSR count). The second-order valence-corrected chi connectivity index (χ2v) is 3.28. The van der Waals surface area contributed by atoms with Crippen LogP contribution in [0.5, 0.6) is 0 Å². The van der Waals surface area contributed by atoms with Gasteiger partial charge in [-0.05, 0) is 17.7 Å². The lowest BCUT2D eigenvalue weighted by atomic mass is 10.2. The molecule has 0 saturated carbocycles. The largest absolute Gasteiger partial charge is 0.457 e. The van der Waals surface area contributed by atoms with E-state index in [0.29, 0.717) is 0 Å². The zero-order chi connectivity index (χ0) is 13.0. The van der Waals surface area contributed by atoms with Crippen LogP contribution in [0.15, 0.2) is 60.6 Å². The van der Waals surface area contributed by atoms with Gasteiger partial charge in [0.25, 0.3) is 0 Å². The lowest BCUT2D eigenvalue weighted by molar-refractivity contribution is 0.0472. The zero-order valence-corrected chi connectivity index (χ0v) is 8.64. The summed E-state index contributed by atoms with van der Waals surface area (Å²) in [7, 11) is 0. The molecule has 0 fully saturated rings. The fourth-order valence-electron chi connectivity index (χ4n) is 1.28. The molecule has 16 heavy (non-hydrogen) atoms. The number of ether oxygens (including phenoxy) is 1. The van der Waals surface area contributed by atoms with Gasteiger partial charge in [0.1, 0.15) is 6.61 Å². The van der Waals surface area contributed by atoms with Crippen LogP contribution in [0.4, 0.5) is 0 Å². The van der Waals surface area contributed by atoms with Gasteiger partial charge in [-0.1, -0.05) is 48.5 Å². The quantitative estimate of drug-likeness (QED) is 0.734. The summed E-state index contributed by atoms with van der Waals surface area (Å²) in [6.07, 6.45) is 0. The van der Waals surface area contributed by atoms with Crippen molar-refractivity contribution in [2.75, 3.05) is 0 Å². The summed E-state index contributed by atoms with van der Waals surface area (Å²) in [5, 5.41) is 0. The Morgan fingerprint density at radius 3 is 2.44 bits per heavy atom. The van der Waals surface area contributed by atoms with E-state index in [1.54, 1.807) is 0 Å². The Kier molecular flexibility index (Phi) is 2.60. The summed E-state index contributed by atoms with van der Waals surface area (Å²) in [5.74, 6) is -0.513. The molecular weight excluding hydrogens is 200 g/mol. The normalized spacial score (nSPS) is 11.5. The molecule has 0 aliphatic rings. The summed E-state index contributed by atoms with van der Waals surface area (Å²) in [4.78, 5) is 11.7. The molecule has 0 spiro atoms. The van der Waals surface area contributed by atoms with Crippen molar-refractivity contribution in [1.82, 2.24) is 0 Å². The smallest absolute Gasteiger partial charge is 0.338 e. The van der Waals surface area contributed by atoms with E-state index in [1.165, 1.54) is 18.2 Å². The lowest BCUT2D eigenvalue weighted by Crippen LogP contribution is -2.04. The van der Waals surface area contributed by atoms with E-state index in [2.05, 4.69) is 0 Å². The Labute approximate surface area is 97.3 Å². The maximum atomic E-state index is 11.7. The molecule has 0 bridgehead atoms. The van der Waals surface area contributed by atoms with Gasteiger partial charge in [0.05, 0.1) is 8.30 Å². The highest BCUT2D eigenvalue weighted by molar-refractivity contribution is 5.89. The highest BCUT2D eigenvalue weighted by atomic mass is 16.5. The van der Waals surface area contributed by atoms with Crippen LogP contribution in [-0.4, -0.2) is 5.97 Å². The molecule has 0 N–H and O–H groups in total. The Morgan fingerprint density at radius 2 is 1.75 bits per heavy atom. The van der Waals surface area contributed by atoms with Crippen molar-refractivity contribution in [2.24, 2.45) is 0 Å². The maximum absolute atomic E-state index is 11.7. The van der Waals surface area contributed by atoms with Crippen molar-refractivity contribution in [3.8, 4) is 0 Å². The van der Waals surface area contributed by atoms with Crippen LogP contribution in [0.25, 0.3) is 0 Å². The van der Waals surface area contributed by atoms with E-state index in [0.717, 1.165) is 5.56 Å². The average Bonchev–Trinajstić information content (AvgIpc) is 2.36. The van der Waals surface area contributed by atoms with Crippen LogP contribution < -0.4 is 0 Å². The summed E-state index contributed by atoms with van der Waals surface area (Å²) in [6, 6.07) is 13.8. The third kappa shape index (κ3) is 2.70. The Balaban J connectivity index is 2.04. The Morgan fingerprint density at radius 1 is 1.06 bits per heavy atom. The third-order valence-electron chi connectivity index (χ3n) is 2.09. The van der Waals surface area contributed by atoms with Gasteiger partial charge in [-0.15, -0.1) is 0 Å². The van der Waals surface area contributed by atoms with E-state index in [-0.39, 0.29) is 24.3 Å². The number of hydrogen-bond donors (Lipinski definition) is 0. The molecule has 2 aromatic carbocycles. The Bertz CT molecular complexity index is 533. The first-order valence-corrected chi connectivity index (χ1v) is 4.94. The van der Waals surface area contributed by atoms with E-state index in [9.17, 15) is 4.79 Å². The number of hydrogen-bond acceptors (Lipinski definition) is 2. The number of esters is 1. The average molecular weight is 214 g/mol. The molecule has 0 aliphatic heterocycles. The van der Waals surface area contributed by atoms with Crippen molar-refractivity contribution in [3.05, 3.63) is 71.7 Å². The molecule has 0 amide bonds. The van der Waals surface area contributed by atoms with Gasteiger partial charge < -0.3 is 4.74 Å². The van der Waals surface area contributed by atoms with Crippen LogP contribution in [0.1, 0.15) is 18.7 Å². The van der Waals surface area contributed by atoms with Gasteiger partial charge >= 0.3 is 5.97 Å². The van der Waals surface area contributed by atoms with Gasteiger partial charge in [0, 0.05) is 0 Å². The van der Waals surface area contributed by atoms with Gasteiger partial charge in [-0.3, -0.25) is 0 Å². The van der Waals surface area contributed by atoms with E-state index in [1.807, 2.05) is 30.3 Å². The first-order chi connectivity index (χ1) is 8.65. The third-order valence-corrected chi connectivity index (χ3v) is 2.09. The number of carbonyl (C=O) groups is 1. The molecule has 0 heterocycles. The molecule has 80 valence electrons. The predicted octanol–water partition coefficient (Wildman–Crippen LogP) is 3.04. The molecule has 0 unspecified atom stereocenters. The molecule has 0 radical (unpaired) electrons. The van der Waals surface area contributed by atoms with Crippen molar-refractivity contribution < 1.29 is 12.3 Å². The fourth-order valence-corrected chi connectivity index (χ4v) is 1.28. The molecule has 0 atom stereocenters. The SMILES string of the molecule is [2H]c1cc([2H])cc(C(=O)OCc2ccccc2)c1. The molecule has 0 aromatic heterocycles. The summed E-state index contributed by atoms with van der Waals surface area (Å²) >= 11 is 0. The molecule has 2 heteroatoms. The van der Waals surface area contributed by atoms with Crippen molar-refractivity contribution >= 4 is 5.97 Å². The van der Waals surface area contributed by atoms with Crippen LogP contribution >= 0.6 is 0 Å². The van der Waals surface area contributed by atoms with E-state index < -0.39 is 5.97 Å². The standard InChI is InChI=1S/C14H12O2/c15-14(13-9-5-2-6-10-13)16-11-12-7-3-1-4-8-12/h1-10H,11H2/i5D,6D. The number of benzene rings is 2. The molecular formula is C14H12O2. The van der Waals surface area contributed by atoms with Gasteiger partial charge in [-0.25, -0.2) is 4.79 Å². The van der Waals surface area contributed by atoms with Crippen molar-refractivity contribution in [3.63, 3.8) is 0 Å². The molecule has 0 aliphatic carbocycles. The highest BCUT2D eigenvalue weighted by Crippen LogP contribution is 2.05. The predicted molar refractivity (Wildman–Crippen MR) is 62.0 cm³/mol. The minimum atomic E-state index is -0.513. The monoisotopic (exact) mass is 214 g/mol. The van der Waals surface area contributed by atoms with E-state index in [4.69, 9.17) is 7.48 Å². The van der Waals surface area contributed by atoms with Crippen LogP contribution in [0.3, 0.4) is 0 Å². The van der Waals surface area contributed by atoms with Crippen molar-refractivity contribution in [1.29, 1.82) is 0 Å². The summed E-state index contributed by atoms with van der Waals surface area (Å²) in [6.45, 7) is 0.190. The number of carbonyl (C=O) groups excluding carboxylic acids is 1. The van der Waals surface area contributed by atoms with Gasteiger partial charge in [0.15, 0.2) is 0 Å². The first-order valence-electron chi connectivity index (χ1n) is 5.94. The minimum absolute atomic E-state index is 0.133. The van der Waals surface area contributed by atoms with Gasteiger partial charge in [0.2, 0.25) is 0 Å². The molecule has 2 nitrogen and oxygen atoms in total. The topological polar surface area (TPSA) is 26.3 Å². The van der Waals surface area contributed by atoms with Crippen LogP contribution in [0, 0.1) is 0 Å². The lowest BCUT2D eigenvalue weighted by Gasteiger charge is -2.04. The minimum Gasteiger partial charge on any atom is -0.457 e. The second kappa shape index (κ2) is 5.12. The fraction of sp³-hybridized carbons (Fsp3) is 0.0714. The van der Waals surface area contributed by atoms with Crippen LogP contribution in [-0.2, 0) is 11.3 Å². The zero-order valence-electron chi connectivity index (χ0n) is 10.6. The van der Waals surface area contributed by atoms with E-state index >= 15 is 0 Å². The highest BCUT2D eigenvalue weighted by Gasteiger charge is 2.05. The Hall–Kier alpha value is -2.09. The van der Waals surface area contributed by atoms with Crippen LogP contribution in [0.2, 0.25) is 0 Å². The molecule has 0 saturated heterocycles. The number of rotatable bonds is 3. The van der Waals surface area contributed by atoms with Gasteiger partial charge in [-0.2, -0.15) is 0 Å². The second-order valence-electron chi connectivity index (χ2n) is 3.28.